The van der Waals surface area contributed by atoms with Gasteiger partial charge in [0, 0.05) is 11.3 Å². The normalized spacial score (nSPS) is 11.0. The van der Waals surface area contributed by atoms with Gasteiger partial charge in [-0.25, -0.2) is 0 Å². The highest BCUT2D eigenvalue weighted by Crippen LogP contribution is 2.26. The summed E-state index contributed by atoms with van der Waals surface area (Å²) in [6.45, 7) is 4.16. The molecule has 0 bridgehead atoms. The van der Waals surface area contributed by atoms with Gasteiger partial charge in [-0.15, -0.1) is 11.8 Å². The SMILES string of the molecule is Cc1ccc(-c2noc(-c3ccc(CSCc4cccc(C)c4)o3)n2)cc1. The lowest BCUT2D eigenvalue weighted by Crippen LogP contribution is -1.83. The Balaban J connectivity index is 1.40. The lowest BCUT2D eigenvalue weighted by atomic mass is 10.1. The molecule has 0 unspecified atom stereocenters. The number of benzene rings is 2. The van der Waals surface area contributed by atoms with Gasteiger partial charge in [0.15, 0.2) is 5.76 Å². The average molecular weight is 376 g/mol. The van der Waals surface area contributed by atoms with Gasteiger partial charge in [-0.3, -0.25) is 0 Å². The molecular weight excluding hydrogens is 356 g/mol. The van der Waals surface area contributed by atoms with Crippen LogP contribution in [0.3, 0.4) is 0 Å². The molecule has 2 heterocycles. The van der Waals surface area contributed by atoms with E-state index in [1.807, 2.05) is 55.1 Å². The predicted octanol–water partition coefficient (Wildman–Crippen LogP) is 6.05. The number of aryl methyl sites for hydroxylation is 2. The van der Waals surface area contributed by atoms with E-state index in [1.165, 1.54) is 16.7 Å². The first kappa shape index (κ1) is 17.6. The maximum Gasteiger partial charge on any atom is 0.293 e. The zero-order chi connectivity index (χ0) is 18.6. The summed E-state index contributed by atoms with van der Waals surface area (Å²) in [6.07, 6.45) is 0. The Morgan fingerprint density at radius 1 is 0.889 bits per heavy atom. The van der Waals surface area contributed by atoms with Gasteiger partial charge in [-0.05, 0) is 31.5 Å². The topological polar surface area (TPSA) is 52.1 Å². The molecule has 27 heavy (non-hydrogen) atoms. The third-order valence-corrected chi connectivity index (χ3v) is 5.23. The largest absolute Gasteiger partial charge is 0.455 e. The molecule has 0 atom stereocenters. The van der Waals surface area contributed by atoms with Crippen molar-refractivity contribution in [3.63, 3.8) is 0 Å². The van der Waals surface area contributed by atoms with Gasteiger partial charge in [-0.1, -0.05) is 64.8 Å². The van der Waals surface area contributed by atoms with Crippen LogP contribution in [0, 0.1) is 13.8 Å². The van der Waals surface area contributed by atoms with Gasteiger partial charge in [0.1, 0.15) is 5.76 Å². The fraction of sp³-hybridized carbons (Fsp3) is 0.182. The molecule has 0 aliphatic heterocycles. The Bertz CT molecular complexity index is 1030. The summed E-state index contributed by atoms with van der Waals surface area (Å²) in [5.41, 5.74) is 4.73. The van der Waals surface area contributed by atoms with Crippen LogP contribution in [0.4, 0.5) is 0 Å². The van der Waals surface area contributed by atoms with Crippen molar-refractivity contribution in [1.82, 2.24) is 10.1 Å². The van der Waals surface area contributed by atoms with E-state index in [-0.39, 0.29) is 0 Å². The van der Waals surface area contributed by atoms with E-state index in [1.54, 1.807) is 0 Å². The zero-order valence-corrected chi connectivity index (χ0v) is 16.1. The van der Waals surface area contributed by atoms with Crippen molar-refractivity contribution in [1.29, 1.82) is 0 Å². The summed E-state index contributed by atoms with van der Waals surface area (Å²) in [5, 5.41) is 4.06. The van der Waals surface area contributed by atoms with Crippen LogP contribution in [-0.2, 0) is 11.5 Å². The number of furan rings is 1. The van der Waals surface area contributed by atoms with E-state index in [0.29, 0.717) is 17.5 Å². The fourth-order valence-corrected chi connectivity index (χ4v) is 3.66. The highest BCUT2D eigenvalue weighted by molar-refractivity contribution is 7.97. The summed E-state index contributed by atoms with van der Waals surface area (Å²) in [4.78, 5) is 4.45. The minimum atomic E-state index is 0.403. The number of hydrogen-bond acceptors (Lipinski definition) is 5. The van der Waals surface area contributed by atoms with E-state index in [0.717, 1.165) is 22.8 Å². The zero-order valence-electron chi connectivity index (χ0n) is 15.3. The number of nitrogens with zero attached hydrogens (tertiary/aromatic N) is 2. The second-order valence-corrected chi connectivity index (χ2v) is 7.52. The van der Waals surface area contributed by atoms with Gasteiger partial charge >= 0.3 is 0 Å². The first-order valence-electron chi connectivity index (χ1n) is 8.80. The monoisotopic (exact) mass is 376 g/mol. The molecule has 2 aromatic carbocycles. The molecule has 0 spiro atoms. The molecule has 5 heteroatoms. The van der Waals surface area contributed by atoms with Gasteiger partial charge in [0.2, 0.25) is 5.82 Å². The maximum absolute atomic E-state index is 5.88. The highest BCUT2D eigenvalue weighted by Gasteiger charge is 2.14. The van der Waals surface area contributed by atoms with Crippen molar-refractivity contribution < 1.29 is 8.94 Å². The van der Waals surface area contributed by atoms with Gasteiger partial charge in [0.25, 0.3) is 5.89 Å². The summed E-state index contributed by atoms with van der Waals surface area (Å²) in [7, 11) is 0. The Hall–Kier alpha value is -2.79. The Labute approximate surface area is 162 Å². The Kier molecular flexibility index (Phi) is 5.12. The lowest BCUT2D eigenvalue weighted by Gasteiger charge is -2.01. The second-order valence-electron chi connectivity index (χ2n) is 6.54. The third-order valence-electron chi connectivity index (χ3n) is 4.20. The quantitative estimate of drug-likeness (QED) is 0.410. The van der Waals surface area contributed by atoms with Crippen LogP contribution in [0.15, 0.2) is 69.6 Å². The minimum absolute atomic E-state index is 0.403. The lowest BCUT2D eigenvalue weighted by molar-refractivity contribution is 0.413. The smallest absolute Gasteiger partial charge is 0.293 e. The number of rotatable bonds is 6. The predicted molar refractivity (Wildman–Crippen MR) is 108 cm³/mol. The summed E-state index contributed by atoms with van der Waals surface area (Å²) in [6, 6.07) is 20.5. The average Bonchev–Trinajstić information content (AvgIpc) is 3.32. The molecular formula is C22H20N2O2S. The molecule has 0 aliphatic rings. The van der Waals surface area contributed by atoms with Crippen LogP contribution < -0.4 is 0 Å². The molecule has 0 radical (unpaired) electrons. The molecule has 0 saturated heterocycles. The van der Waals surface area contributed by atoms with Crippen molar-refractivity contribution in [3.05, 3.63) is 83.1 Å². The molecule has 0 saturated carbocycles. The number of thioether (sulfide) groups is 1. The second kappa shape index (κ2) is 7.84. The minimum Gasteiger partial charge on any atom is -0.455 e. The maximum atomic E-state index is 5.88. The fourth-order valence-electron chi connectivity index (χ4n) is 2.79. The van der Waals surface area contributed by atoms with Crippen molar-refractivity contribution in [2.24, 2.45) is 0 Å². The third kappa shape index (κ3) is 4.31. The van der Waals surface area contributed by atoms with Gasteiger partial charge in [0.05, 0.1) is 5.75 Å². The molecule has 136 valence electrons. The van der Waals surface area contributed by atoms with Crippen molar-refractivity contribution in [2.45, 2.75) is 25.4 Å². The van der Waals surface area contributed by atoms with Crippen molar-refractivity contribution >= 4 is 11.8 Å². The Morgan fingerprint density at radius 2 is 1.74 bits per heavy atom. The number of aromatic nitrogens is 2. The first-order valence-corrected chi connectivity index (χ1v) is 9.96. The molecule has 0 aliphatic carbocycles. The molecule has 4 nitrogen and oxygen atoms in total. The van der Waals surface area contributed by atoms with E-state index in [2.05, 4.69) is 41.3 Å². The van der Waals surface area contributed by atoms with E-state index in [9.17, 15) is 0 Å². The summed E-state index contributed by atoms with van der Waals surface area (Å²) < 4.78 is 11.3. The van der Waals surface area contributed by atoms with Crippen LogP contribution in [0.25, 0.3) is 23.0 Å². The first-order chi connectivity index (χ1) is 13.2. The van der Waals surface area contributed by atoms with Gasteiger partial charge in [-0.2, -0.15) is 4.98 Å². The molecule has 0 fully saturated rings. The molecule has 4 aromatic rings. The molecule has 4 rings (SSSR count). The standard InChI is InChI=1S/C22H20N2O2S/c1-15-6-8-18(9-7-15)21-23-22(26-24-21)20-11-10-19(25-20)14-27-13-17-5-3-4-16(2)12-17/h3-12H,13-14H2,1-2H3. The number of hydrogen-bond donors (Lipinski definition) is 0. The van der Waals surface area contributed by atoms with Crippen LogP contribution in [0.2, 0.25) is 0 Å². The van der Waals surface area contributed by atoms with Crippen molar-refractivity contribution in [2.75, 3.05) is 0 Å². The summed E-state index contributed by atoms with van der Waals surface area (Å²) >= 11 is 1.82. The molecule has 0 N–H and O–H groups in total. The highest BCUT2D eigenvalue weighted by atomic mass is 32.2. The van der Waals surface area contributed by atoms with Crippen LogP contribution in [0.5, 0.6) is 0 Å². The van der Waals surface area contributed by atoms with Gasteiger partial charge < -0.3 is 8.94 Å². The molecule has 0 amide bonds. The van der Waals surface area contributed by atoms with Crippen LogP contribution in [0.1, 0.15) is 22.5 Å². The Morgan fingerprint density at radius 3 is 2.56 bits per heavy atom. The van der Waals surface area contributed by atoms with Crippen LogP contribution in [-0.4, -0.2) is 10.1 Å². The van der Waals surface area contributed by atoms with E-state index >= 15 is 0 Å². The van der Waals surface area contributed by atoms with E-state index < -0.39 is 0 Å². The van der Waals surface area contributed by atoms with E-state index in [4.69, 9.17) is 8.94 Å². The van der Waals surface area contributed by atoms with Crippen molar-refractivity contribution in [3.8, 4) is 23.0 Å². The molecule has 2 aromatic heterocycles. The van der Waals surface area contributed by atoms with Crippen LogP contribution >= 0.6 is 11.8 Å². The summed E-state index contributed by atoms with van der Waals surface area (Å²) in [5.74, 6) is 4.23.